The summed E-state index contributed by atoms with van der Waals surface area (Å²) in [4.78, 5) is 2.59. The SMILES string of the molecule is CCCCCCSc1nsnc1[C@H]1CN2CC[C@@H]1C2. The average Bonchev–Trinajstić information content (AvgIpc) is 3.14. The Labute approximate surface area is 124 Å². The van der Waals surface area contributed by atoms with Gasteiger partial charge in [0.05, 0.1) is 17.4 Å². The Morgan fingerprint density at radius 2 is 2.21 bits per heavy atom. The van der Waals surface area contributed by atoms with Crippen molar-refractivity contribution in [1.82, 2.24) is 13.6 Å². The lowest BCUT2D eigenvalue weighted by Crippen LogP contribution is -2.22. The molecule has 5 heteroatoms. The first-order valence-electron chi connectivity index (χ1n) is 7.56. The van der Waals surface area contributed by atoms with Crippen molar-refractivity contribution in [2.75, 3.05) is 25.4 Å². The summed E-state index contributed by atoms with van der Waals surface area (Å²) in [6, 6.07) is 0. The Hall–Kier alpha value is -0.130. The second-order valence-electron chi connectivity index (χ2n) is 5.78. The molecule has 2 bridgehead atoms. The van der Waals surface area contributed by atoms with Crippen LogP contribution in [-0.2, 0) is 0 Å². The van der Waals surface area contributed by atoms with Gasteiger partial charge in [0.2, 0.25) is 0 Å². The highest BCUT2D eigenvalue weighted by atomic mass is 32.2. The average molecular weight is 297 g/mol. The topological polar surface area (TPSA) is 29.0 Å². The van der Waals surface area contributed by atoms with Crippen LogP contribution in [0.15, 0.2) is 5.03 Å². The highest BCUT2D eigenvalue weighted by Crippen LogP contribution is 2.42. The normalized spacial score (nSPS) is 29.2. The molecule has 2 aliphatic heterocycles. The van der Waals surface area contributed by atoms with Gasteiger partial charge in [0.15, 0.2) is 0 Å². The highest BCUT2D eigenvalue weighted by Gasteiger charge is 2.41. The molecule has 1 aromatic rings. The second-order valence-corrected chi connectivity index (χ2v) is 7.39. The Kier molecular flexibility index (Phi) is 4.77. The third-order valence-electron chi connectivity index (χ3n) is 4.40. The highest BCUT2D eigenvalue weighted by molar-refractivity contribution is 7.99. The van der Waals surface area contributed by atoms with Crippen molar-refractivity contribution >= 4 is 23.5 Å². The molecule has 19 heavy (non-hydrogen) atoms. The molecule has 3 atom stereocenters. The summed E-state index contributed by atoms with van der Waals surface area (Å²) in [6.07, 6.45) is 6.71. The summed E-state index contributed by atoms with van der Waals surface area (Å²) >= 11 is 3.35. The number of hydrogen-bond acceptors (Lipinski definition) is 5. The zero-order valence-corrected chi connectivity index (χ0v) is 13.3. The minimum Gasteiger partial charge on any atom is -0.302 e. The number of thioether (sulfide) groups is 1. The first-order chi connectivity index (χ1) is 9.38. The monoisotopic (exact) mass is 297 g/mol. The summed E-state index contributed by atoms with van der Waals surface area (Å²) in [7, 11) is 0. The molecule has 2 saturated heterocycles. The lowest BCUT2D eigenvalue weighted by molar-refractivity contribution is 0.342. The van der Waals surface area contributed by atoms with Gasteiger partial charge in [0.1, 0.15) is 5.03 Å². The van der Waals surface area contributed by atoms with Gasteiger partial charge in [-0.15, -0.1) is 11.8 Å². The molecular formula is C14H23N3S2. The molecule has 0 N–H and O–H groups in total. The van der Waals surface area contributed by atoms with Gasteiger partial charge < -0.3 is 4.90 Å². The molecule has 3 heterocycles. The number of hydrogen-bond donors (Lipinski definition) is 0. The number of unbranched alkanes of at least 4 members (excludes halogenated alkanes) is 3. The van der Waals surface area contributed by atoms with Gasteiger partial charge in [0.25, 0.3) is 0 Å². The maximum Gasteiger partial charge on any atom is 0.134 e. The van der Waals surface area contributed by atoms with Crippen LogP contribution >= 0.6 is 23.5 Å². The molecular weight excluding hydrogens is 274 g/mol. The third kappa shape index (κ3) is 3.14. The van der Waals surface area contributed by atoms with Crippen LogP contribution in [0.2, 0.25) is 0 Å². The quantitative estimate of drug-likeness (QED) is 0.568. The van der Waals surface area contributed by atoms with Crippen molar-refractivity contribution in [2.45, 2.75) is 50.0 Å². The van der Waals surface area contributed by atoms with Gasteiger partial charge in [-0.25, -0.2) is 0 Å². The van der Waals surface area contributed by atoms with Crippen molar-refractivity contribution < 1.29 is 0 Å². The summed E-state index contributed by atoms with van der Waals surface area (Å²) in [6.45, 7) is 6.08. The van der Waals surface area contributed by atoms with E-state index < -0.39 is 0 Å². The fourth-order valence-corrected chi connectivity index (χ4v) is 5.08. The summed E-state index contributed by atoms with van der Waals surface area (Å²) in [5, 5.41) is 1.24. The van der Waals surface area contributed by atoms with E-state index in [0.29, 0.717) is 5.92 Å². The van der Waals surface area contributed by atoms with Gasteiger partial charge in [-0.1, -0.05) is 26.2 Å². The van der Waals surface area contributed by atoms with E-state index in [9.17, 15) is 0 Å². The van der Waals surface area contributed by atoms with Gasteiger partial charge in [-0.3, -0.25) is 0 Å². The first kappa shape index (κ1) is 13.8. The molecule has 0 saturated carbocycles. The van der Waals surface area contributed by atoms with Crippen LogP contribution < -0.4 is 0 Å². The number of piperidine rings is 1. The van der Waals surface area contributed by atoms with Crippen LogP contribution in [0.1, 0.15) is 50.6 Å². The van der Waals surface area contributed by atoms with Crippen LogP contribution in [0.5, 0.6) is 0 Å². The van der Waals surface area contributed by atoms with Crippen molar-refractivity contribution in [3.05, 3.63) is 5.69 Å². The number of fused-ring (bicyclic) bond motifs is 2. The predicted molar refractivity (Wildman–Crippen MR) is 82.1 cm³/mol. The van der Waals surface area contributed by atoms with E-state index >= 15 is 0 Å². The van der Waals surface area contributed by atoms with Gasteiger partial charge >= 0.3 is 0 Å². The summed E-state index contributed by atoms with van der Waals surface area (Å²) < 4.78 is 9.15. The molecule has 2 aliphatic rings. The first-order valence-corrected chi connectivity index (χ1v) is 9.27. The van der Waals surface area contributed by atoms with Gasteiger partial charge in [0, 0.05) is 19.0 Å². The third-order valence-corrected chi connectivity index (χ3v) is 6.13. The van der Waals surface area contributed by atoms with Crippen LogP contribution in [0.3, 0.4) is 0 Å². The molecule has 0 aromatic carbocycles. The van der Waals surface area contributed by atoms with E-state index in [0.717, 1.165) is 5.92 Å². The number of aromatic nitrogens is 2. The smallest absolute Gasteiger partial charge is 0.134 e. The Bertz CT molecular complexity index is 407. The Balaban J connectivity index is 1.54. The molecule has 2 fully saturated rings. The van der Waals surface area contributed by atoms with Gasteiger partial charge in [-0.2, -0.15) is 8.75 Å². The lowest BCUT2D eigenvalue weighted by atomic mass is 9.90. The second kappa shape index (κ2) is 6.55. The van der Waals surface area contributed by atoms with Crippen LogP contribution in [0, 0.1) is 5.92 Å². The molecule has 3 nitrogen and oxygen atoms in total. The Morgan fingerprint density at radius 1 is 1.26 bits per heavy atom. The van der Waals surface area contributed by atoms with E-state index in [1.807, 2.05) is 11.8 Å². The minimum atomic E-state index is 0.672. The van der Waals surface area contributed by atoms with Crippen LogP contribution in [-0.4, -0.2) is 39.0 Å². The molecule has 3 rings (SSSR count). The molecule has 1 aromatic heterocycles. The fraction of sp³-hybridized carbons (Fsp3) is 0.857. The van der Waals surface area contributed by atoms with Crippen molar-refractivity contribution in [3.8, 4) is 0 Å². The molecule has 106 valence electrons. The van der Waals surface area contributed by atoms with Crippen molar-refractivity contribution in [1.29, 1.82) is 0 Å². The molecule has 0 amide bonds. The molecule has 0 spiro atoms. The zero-order chi connectivity index (χ0) is 13.1. The van der Waals surface area contributed by atoms with Crippen molar-refractivity contribution in [2.24, 2.45) is 5.92 Å². The maximum atomic E-state index is 4.62. The van der Waals surface area contributed by atoms with E-state index in [1.165, 1.54) is 79.9 Å². The number of nitrogens with zero attached hydrogens (tertiary/aromatic N) is 3. The largest absolute Gasteiger partial charge is 0.302 e. The molecule has 1 unspecified atom stereocenters. The van der Waals surface area contributed by atoms with E-state index in [1.54, 1.807) is 0 Å². The fourth-order valence-electron chi connectivity index (χ4n) is 3.31. The summed E-state index contributed by atoms with van der Waals surface area (Å²) in [5.41, 5.74) is 1.32. The van der Waals surface area contributed by atoms with Crippen LogP contribution in [0.4, 0.5) is 0 Å². The van der Waals surface area contributed by atoms with Gasteiger partial charge in [-0.05, 0) is 31.1 Å². The summed E-state index contributed by atoms with van der Waals surface area (Å²) in [5.74, 6) is 2.73. The van der Waals surface area contributed by atoms with E-state index in [2.05, 4.69) is 20.6 Å². The van der Waals surface area contributed by atoms with E-state index in [-0.39, 0.29) is 0 Å². The maximum absolute atomic E-state index is 4.62. The molecule has 0 radical (unpaired) electrons. The van der Waals surface area contributed by atoms with Crippen molar-refractivity contribution in [3.63, 3.8) is 0 Å². The zero-order valence-electron chi connectivity index (χ0n) is 11.7. The minimum absolute atomic E-state index is 0.672. The number of rotatable bonds is 7. The predicted octanol–water partition coefficient (Wildman–Crippen LogP) is 3.63. The van der Waals surface area contributed by atoms with Crippen LogP contribution in [0.25, 0.3) is 0 Å². The van der Waals surface area contributed by atoms with E-state index in [4.69, 9.17) is 0 Å². The Morgan fingerprint density at radius 3 is 2.95 bits per heavy atom. The molecule has 0 aliphatic carbocycles. The lowest BCUT2D eigenvalue weighted by Gasteiger charge is -2.20. The standard InChI is InChI=1S/C14H23N3S2/c1-2-3-4-5-8-18-14-13(15-19-16-14)12-10-17-7-6-11(12)9-17/h11-12H,2-10H2,1H3/t11-,12+/m1/s1.